The van der Waals surface area contributed by atoms with Crippen molar-refractivity contribution in [3.63, 3.8) is 0 Å². The van der Waals surface area contributed by atoms with Crippen LogP contribution in [0.5, 0.6) is 0 Å². The van der Waals surface area contributed by atoms with Gasteiger partial charge in [0.05, 0.1) is 0 Å². The van der Waals surface area contributed by atoms with Gasteiger partial charge in [0.25, 0.3) is 0 Å². The van der Waals surface area contributed by atoms with Gasteiger partial charge in [-0.1, -0.05) is 0 Å². The highest BCUT2D eigenvalue weighted by Gasteiger charge is 2.23. The number of amides is 1. The fraction of sp³-hybridized carbons (Fsp3) is 0.417. The molecule has 1 aromatic rings. The Balaban J connectivity index is 2.20. The van der Waals surface area contributed by atoms with Crippen LogP contribution in [-0.4, -0.2) is 27.6 Å². The third-order valence-electron chi connectivity index (χ3n) is 2.83. The minimum absolute atomic E-state index is 0.0306. The second-order valence-corrected chi connectivity index (χ2v) is 4.47. The maximum absolute atomic E-state index is 11.6. The lowest BCUT2D eigenvalue weighted by Gasteiger charge is -2.11. The van der Waals surface area contributed by atoms with Gasteiger partial charge < -0.3 is 15.0 Å². The van der Waals surface area contributed by atoms with E-state index in [1.807, 2.05) is 0 Å². The van der Waals surface area contributed by atoms with Gasteiger partial charge in [0, 0.05) is 24.0 Å². The van der Waals surface area contributed by atoms with E-state index >= 15 is 0 Å². The Kier molecular flexibility index (Phi) is 3.18. The predicted molar refractivity (Wildman–Crippen MR) is 63.6 cm³/mol. The number of aromatic nitrogens is 1. The number of hydrogen-bond donors (Lipinski definition) is 2. The first-order valence-corrected chi connectivity index (χ1v) is 5.71. The molecule has 0 radical (unpaired) electrons. The third-order valence-corrected chi connectivity index (χ3v) is 2.83. The second-order valence-electron chi connectivity index (χ2n) is 4.47. The van der Waals surface area contributed by atoms with Gasteiger partial charge in [0.15, 0.2) is 5.43 Å². The second kappa shape index (κ2) is 4.64. The SMILES string of the molecule is Cc1cc(=O)c(C(=O)O)cn1CC(=O)NC1CC1. The molecule has 2 rings (SSSR count). The van der Waals surface area contributed by atoms with Crippen LogP contribution in [0.4, 0.5) is 0 Å². The van der Waals surface area contributed by atoms with E-state index in [1.54, 1.807) is 6.92 Å². The fourth-order valence-corrected chi connectivity index (χ4v) is 1.66. The van der Waals surface area contributed by atoms with Crippen LogP contribution >= 0.6 is 0 Å². The molecule has 0 aromatic carbocycles. The monoisotopic (exact) mass is 250 g/mol. The Bertz CT molecular complexity index is 558. The normalized spacial score (nSPS) is 14.3. The van der Waals surface area contributed by atoms with E-state index in [4.69, 9.17) is 5.11 Å². The van der Waals surface area contributed by atoms with Crippen molar-refractivity contribution in [1.29, 1.82) is 0 Å². The molecule has 0 atom stereocenters. The lowest BCUT2D eigenvalue weighted by molar-refractivity contribution is -0.121. The van der Waals surface area contributed by atoms with E-state index in [-0.39, 0.29) is 24.1 Å². The van der Waals surface area contributed by atoms with Crippen molar-refractivity contribution in [3.05, 3.63) is 33.7 Å². The lowest BCUT2D eigenvalue weighted by atomic mass is 10.2. The fourth-order valence-electron chi connectivity index (χ4n) is 1.66. The molecule has 0 unspecified atom stereocenters. The summed E-state index contributed by atoms with van der Waals surface area (Å²) >= 11 is 0. The molecule has 96 valence electrons. The Hall–Kier alpha value is -2.11. The molecule has 1 aromatic heterocycles. The maximum atomic E-state index is 11.6. The standard InChI is InChI=1S/C12H14N2O4/c1-7-4-10(15)9(12(17)18)5-14(7)6-11(16)13-8-2-3-8/h4-5,8H,2-3,6H2,1H3,(H,13,16)(H,17,18). The van der Waals surface area contributed by atoms with Crippen molar-refractivity contribution >= 4 is 11.9 Å². The van der Waals surface area contributed by atoms with E-state index in [0.717, 1.165) is 12.8 Å². The first kappa shape index (κ1) is 12.3. The van der Waals surface area contributed by atoms with Crippen LogP contribution in [0.1, 0.15) is 28.9 Å². The number of carboxylic acid groups (broad SMARTS) is 1. The van der Waals surface area contributed by atoms with Crippen LogP contribution in [0, 0.1) is 6.92 Å². The zero-order valence-corrected chi connectivity index (χ0v) is 9.97. The van der Waals surface area contributed by atoms with Crippen molar-refractivity contribution in [1.82, 2.24) is 9.88 Å². The van der Waals surface area contributed by atoms with Gasteiger partial charge in [0.1, 0.15) is 12.1 Å². The van der Waals surface area contributed by atoms with Crippen molar-refractivity contribution in [2.75, 3.05) is 0 Å². The number of carbonyl (C=O) groups is 2. The number of pyridine rings is 1. The van der Waals surface area contributed by atoms with E-state index in [2.05, 4.69) is 5.32 Å². The summed E-state index contributed by atoms with van der Waals surface area (Å²) in [5, 5.41) is 11.7. The minimum Gasteiger partial charge on any atom is -0.477 e. The zero-order valence-electron chi connectivity index (χ0n) is 9.97. The summed E-state index contributed by atoms with van der Waals surface area (Å²) in [6, 6.07) is 1.49. The summed E-state index contributed by atoms with van der Waals surface area (Å²) in [7, 11) is 0. The van der Waals surface area contributed by atoms with E-state index in [9.17, 15) is 14.4 Å². The number of carbonyl (C=O) groups excluding carboxylic acids is 1. The highest BCUT2D eigenvalue weighted by Crippen LogP contribution is 2.18. The van der Waals surface area contributed by atoms with Crippen molar-refractivity contribution in [2.45, 2.75) is 32.4 Å². The molecule has 0 aliphatic heterocycles. The van der Waals surface area contributed by atoms with Gasteiger partial charge in [-0.25, -0.2) is 4.79 Å². The molecule has 2 N–H and O–H groups in total. The molecule has 0 spiro atoms. The first-order valence-electron chi connectivity index (χ1n) is 5.71. The summed E-state index contributed by atoms with van der Waals surface area (Å²) < 4.78 is 1.47. The lowest BCUT2D eigenvalue weighted by Crippen LogP contribution is -2.31. The smallest absolute Gasteiger partial charge is 0.341 e. The third kappa shape index (κ3) is 2.77. The Morgan fingerprint density at radius 2 is 2.17 bits per heavy atom. The van der Waals surface area contributed by atoms with Crippen LogP contribution < -0.4 is 10.7 Å². The van der Waals surface area contributed by atoms with Crippen LogP contribution in [0.3, 0.4) is 0 Å². The number of aromatic carboxylic acids is 1. The van der Waals surface area contributed by atoms with E-state index in [0.29, 0.717) is 5.69 Å². The molecular formula is C12H14N2O4. The number of nitrogens with one attached hydrogen (secondary N) is 1. The molecule has 1 heterocycles. The number of aryl methyl sites for hydroxylation is 1. The molecule has 1 fully saturated rings. The molecule has 1 aliphatic rings. The molecule has 18 heavy (non-hydrogen) atoms. The number of nitrogens with zero attached hydrogens (tertiary/aromatic N) is 1. The van der Waals surface area contributed by atoms with Crippen LogP contribution in [0.15, 0.2) is 17.1 Å². The largest absolute Gasteiger partial charge is 0.477 e. The van der Waals surface area contributed by atoms with Gasteiger partial charge >= 0.3 is 5.97 Å². The van der Waals surface area contributed by atoms with Crippen molar-refractivity contribution < 1.29 is 14.7 Å². The van der Waals surface area contributed by atoms with Gasteiger partial charge in [-0.2, -0.15) is 0 Å². The predicted octanol–water partition coefficient (Wildman–Crippen LogP) is 0.134. The van der Waals surface area contributed by atoms with Gasteiger partial charge in [-0.15, -0.1) is 0 Å². The molecule has 6 heteroatoms. The molecular weight excluding hydrogens is 236 g/mol. The summed E-state index contributed by atoms with van der Waals surface area (Å²) in [6.07, 6.45) is 3.21. The Morgan fingerprint density at radius 1 is 1.50 bits per heavy atom. The maximum Gasteiger partial charge on any atom is 0.341 e. The van der Waals surface area contributed by atoms with Crippen molar-refractivity contribution in [3.8, 4) is 0 Å². The van der Waals surface area contributed by atoms with E-state index in [1.165, 1.54) is 16.8 Å². The van der Waals surface area contributed by atoms with Gasteiger partial charge in [0.2, 0.25) is 5.91 Å². The average molecular weight is 250 g/mol. The number of hydrogen-bond acceptors (Lipinski definition) is 3. The highest BCUT2D eigenvalue weighted by atomic mass is 16.4. The summed E-state index contributed by atoms with van der Waals surface area (Å²) in [5.41, 5.74) is -0.297. The molecule has 1 aliphatic carbocycles. The zero-order chi connectivity index (χ0) is 13.3. The topological polar surface area (TPSA) is 88.4 Å². The van der Waals surface area contributed by atoms with E-state index < -0.39 is 11.4 Å². The summed E-state index contributed by atoms with van der Waals surface area (Å²) in [4.78, 5) is 33.9. The molecule has 0 saturated heterocycles. The van der Waals surface area contributed by atoms with Gasteiger partial charge in [-0.05, 0) is 19.8 Å². The Morgan fingerprint density at radius 3 is 2.72 bits per heavy atom. The summed E-state index contributed by atoms with van der Waals surface area (Å²) in [5.74, 6) is -1.45. The molecule has 0 bridgehead atoms. The minimum atomic E-state index is -1.28. The molecule has 6 nitrogen and oxygen atoms in total. The molecule has 1 saturated carbocycles. The number of carboxylic acids is 1. The van der Waals surface area contributed by atoms with Crippen LogP contribution in [0.25, 0.3) is 0 Å². The highest BCUT2D eigenvalue weighted by molar-refractivity contribution is 5.87. The average Bonchev–Trinajstić information content (AvgIpc) is 3.05. The van der Waals surface area contributed by atoms with Gasteiger partial charge in [-0.3, -0.25) is 9.59 Å². The van der Waals surface area contributed by atoms with Crippen LogP contribution in [-0.2, 0) is 11.3 Å². The quantitative estimate of drug-likeness (QED) is 0.795. The van der Waals surface area contributed by atoms with Crippen LogP contribution in [0.2, 0.25) is 0 Å². The molecule has 1 amide bonds. The summed E-state index contributed by atoms with van der Waals surface area (Å²) in [6.45, 7) is 1.69. The number of rotatable bonds is 4. The van der Waals surface area contributed by atoms with Crippen molar-refractivity contribution in [2.24, 2.45) is 0 Å². The Labute approximate surface area is 103 Å². The first-order chi connectivity index (χ1) is 8.47.